The highest BCUT2D eigenvalue weighted by molar-refractivity contribution is 5.91. The number of nitrogen functional groups attached to an aromatic ring is 1. The summed E-state index contributed by atoms with van der Waals surface area (Å²) in [6.07, 6.45) is 2.74. The second kappa shape index (κ2) is 7.02. The first kappa shape index (κ1) is 19.2. The van der Waals surface area contributed by atoms with E-state index in [1.165, 1.54) is 0 Å². The topological polar surface area (TPSA) is 99.3 Å². The average Bonchev–Trinajstić information content (AvgIpc) is 2.71. The summed E-state index contributed by atoms with van der Waals surface area (Å²) >= 11 is 0. The molecule has 1 aliphatic rings. The van der Waals surface area contributed by atoms with E-state index in [4.69, 9.17) is 25.2 Å². The van der Waals surface area contributed by atoms with Crippen LogP contribution in [0.3, 0.4) is 0 Å². The summed E-state index contributed by atoms with van der Waals surface area (Å²) in [6, 6.07) is 3.63. The minimum absolute atomic E-state index is 0.0673. The molecule has 152 valence electrons. The average molecular weight is 394 g/mol. The van der Waals surface area contributed by atoms with Gasteiger partial charge in [0.1, 0.15) is 11.6 Å². The molecule has 4 rings (SSSR count). The van der Waals surface area contributed by atoms with Gasteiger partial charge in [-0.05, 0) is 6.07 Å². The first-order valence-electron chi connectivity index (χ1n) is 9.59. The second-order valence-electron chi connectivity index (χ2n) is 8.22. The lowest BCUT2D eigenvalue weighted by molar-refractivity contribution is 0.356. The number of hydrogen-bond donors (Lipinski definition) is 1. The summed E-state index contributed by atoms with van der Waals surface area (Å²) in [4.78, 5) is 20.7. The first-order chi connectivity index (χ1) is 13.8. The van der Waals surface area contributed by atoms with Gasteiger partial charge in [0.2, 0.25) is 5.95 Å². The normalized spacial score (nSPS) is 14.0. The molecule has 0 atom stereocenters. The van der Waals surface area contributed by atoms with E-state index in [0.29, 0.717) is 29.8 Å². The van der Waals surface area contributed by atoms with Gasteiger partial charge in [0.15, 0.2) is 11.5 Å². The Hall–Kier alpha value is -3.16. The standard InChI is InChI=1S/C21H26N6O2/c1-21(2,3)19-23-10-12-11-27(7-6-14(12)24-19)20-25-15-9-17(29-5)16(28-4)8-13(15)18(22)26-20/h8-10H,6-7,11H2,1-5H3,(H2,22,25,26). The monoisotopic (exact) mass is 394 g/mol. The van der Waals surface area contributed by atoms with Crippen LogP contribution >= 0.6 is 0 Å². The zero-order valence-corrected chi connectivity index (χ0v) is 17.5. The van der Waals surface area contributed by atoms with Crippen molar-refractivity contribution >= 4 is 22.7 Å². The van der Waals surface area contributed by atoms with Gasteiger partial charge in [0.05, 0.1) is 25.4 Å². The Morgan fingerprint density at radius 2 is 1.76 bits per heavy atom. The third-order valence-electron chi connectivity index (χ3n) is 5.11. The van der Waals surface area contributed by atoms with E-state index < -0.39 is 0 Å². The minimum Gasteiger partial charge on any atom is -0.493 e. The molecular formula is C21H26N6O2. The predicted octanol–water partition coefficient (Wildman–Crippen LogP) is 2.88. The number of hydrogen-bond acceptors (Lipinski definition) is 8. The highest BCUT2D eigenvalue weighted by Crippen LogP contribution is 2.34. The Labute approximate surface area is 170 Å². The third kappa shape index (κ3) is 3.50. The number of nitrogens with zero attached hydrogens (tertiary/aromatic N) is 5. The number of anilines is 2. The fourth-order valence-corrected chi connectivity index (χ4v) is 3.46. The van der Waals surface area contributed by atoms with E-state index in [0.717, 1.165) is 41.0 Å². The largest absolute Gasteiger partial charge is 0.493 e. The summed E-state index contributed by atoms with van der Waals surface area (Å²) in [7, 11) is 3.19. The van der Waals surface area contributed by atoms with Gasteiger partial charge >= 0.3 is 0 Å². The second-order valence-corrected chi connectivity index (χ2v) is 8.22. The van der Waals surface area contributed by atoms with Gasteiger partial charge in [-0.2, -0.15) is 4.98 Å². The van der Waals surface area contributed by atoms with Crippen LogP contribution in [0.2, 0.25) is 0 Å². The lowest BCUT2D eigenvalue weighted by atomic mass is 9.95. The van der Waals surface area contributed by atoms with E-state index in [9.17, 15) is 0 Å². The van der Waals surface area contributed by atoms with Crippen LogP contribution in [-0.2, 0) is 18.4 Å². The van der Waals surface area contributed by atoms with Gasteiger partial charge in [-0.15, -0.1) is 0 Å². The molecule has 8 nitrogen and oxygen atoms in total. The summed E-state index contributed by atoms with van der Waals surface area (Å²) in [6.45, 7) is 7.79. The number of benzene rings is 1. The van der Waals surface area contributed by atoms with Crippen LogP contribution in [0.4, 0.5) is 11.8 Å². The zero-order valence-electron chi connectivity index (χ0n) is 17.5. The molecule has 8 heteroatoms. The van der Waals surface area contributed by atoms with E-state index in [2.05, 4.69) is 35.6 Å². The molecule has 1 aromatic carbocycles. The molecule has 2 aromatic heterocycles. The van der Waals surface area contributed by atoms with Crippen molar-refractivity contribution in [1.82, 2.24) is 19.9 Å². The molecule has 1 aliphatic heterocycles. The maximum Gasteiger partial charge on any atom is 0.228 e. The van der Waals surface area contributed by atoms with Crippen LogP contribution in [0, 0.1) is 0 Å². The highest BCUT2D eigenvalue weighted by Gasteiger charge is 2.24. The molecule has 0 radical (unpaired) electrons. The fraction of sp³-hybridized carbons (Fsp3) is 0.429. The Morgan fingerprint density at radius 1 is 1.03 bits per heavy atom. The SMILES string of the molecule is COc1cc2nc(N3CCc4nc(C(C)(C)C)ncc4C3)nc(N)c2cc1OC. The molecule has 2 N–H and O–H groups in total. The molecule has 0 amide bonds. The summed E-state index contributed by atoms with van der Waals surface area (Å²) in [5.74, 6) is 3.08. The van der Waals surface area contributed by atoms with Gasteiger partial charge in [-0.1, -0.05) is 20.8 Å². The molecular weight excluding hydrogens is 368 g/mol. The number of methoxy groups -OCH3 is 2. The molecule has 0 saturated heterocycles. The van der Waals surface area contributed by atoms with E-state index in [-0.39, 0.29) is 5.41 Å². The molecule has 0 unspecified atom stereocenters. The van der Waals surface area contributed by atoms with E-state index in [1.807, 2.05) is 12.3 Å². The highest BCUT2D eigenvalue weighted by atomic mass is 16.5. The fourth-order valence-electron chi connectivity index (χ4n) is 3.46. The Morgan fingerprint density at radius 3 is 2.45 bits per heavy atom. The van der Waals surface area contributed by atoms with Crippen LogP contribution < -0.4 is 20.1 Å². The van der Waals surface area contributed by atoms with Crippen molar-refractivity contribution in [2.45, 2.75) is 39.2 Å². The Bertz CT molecular complexity index is 1080. The van der Waals surface area contributed by atoms with Crippen LogP contribution in [-0.4, -0.2) is 40.7 Å². The molecule has 3 heterocycles. The lowest BCUT2D eigenvalue weighted by Gasteiger charge is -2.29. The zero-order chi connectivity index (χ0) is 20.8. The maximum atomic E-state index is 6.24. The number of fused-ring (bicyclic) bond motifs is 2. The van der Waals surface area contributed by atoms with Crippen LogP contribution in [0.5, 0.6) is 11.5 Å². The third-order valence-corrected chi connectivity index (χ3v) is 5.11. The van der Waals surface area contributed by atoms with Crippen molar-refractivity contribution in [3.63, 3.8) is 0 Å². The van der Waals surface area contributed by atoms with Crippen molar-refractivity contribution in [1.29, 1.82) is 0 Å². The number of ether oxygens (including phenoxy) is 2. The van der Waals surface area contributed by atoms with Gasteiger partial charge in [0.25, 0.3) is 0 Å². The molecule has 29 heavy (non-hydrogen) atoms. The number of nitrogens with two attached hydrogens (primary N) is 1. The molecule has 0 spiro atoms. The quantitative estimate of drug-likeness (QED) is 0.724. The van der Waals surface area contributed by atoms with Crippen LogP contribution in [0.15, 0.2) is 18.3 Å². The molecule has 0 saturated carbocycles. The van der Waals surface area contributed by atoms with Crippen molar-refractivity contribution < 1.29 is 9.47 Å². The smallest absolute Gasteiger partial charge is 0.228 e. The minimum atomic E-state index is -0.0673. The Balaban J connectivity index is 1.69. The molecule has 0 bridgehead atoms. The van der Waals surface area contributed by atoms with Gasteiger partial charge in [0, 0.05) is 48.1 Å². The van der Waals surface area contributed by atoms with Crippen molar-refractivity contribution in [2.75, 3.05) is 31.4 Å². The van der Waals surface area contributed by atoms with E-state index in [1.54, 1.807) is 20.3 Å². The number of aromatic nitrogens is 4. The predicted molar refractivity (Wildman–Crippen MR) is 113 cm³/mol. The summed E-state index contributed by atoms with van der Waals surface area (Å²) in [5.41, 5.74) is 9.09. The van der Waals surface area contributed by atoms with Gasteiger partial charge in [-0.3, -0.25) is 0 Å². The van der Waals surface area contributed by atoms with Crippen molar-refractivity contribution in [2.24, 2.45) is 0 Å². The molecule has 3 aromatic rings. The first-order valence-corrected chi connectivity index (χ1v) is 9.59. The maximum absolute atomic E-state index is 6.24. The molecule has 0 fully saturated rings. The van der Waals surface area contributed by atoms with Crippen LogP contribution in [0.1, 0.15) is 37.9 Å². The number of rotatable bonds is 3. The summed E-state index contributed by atoms with van der Waals surface area (Å²) in [5, 5.41) is 0.738. The van der Waals surface area contributed by atoms with Crippen molar-refractivity contribution in [3.8, 4) is 11.5 Å². The van der Waals surface area contributed by atoms with Crippen molar-refractivity contribution in [3.05, 3.63) is 35.4 Å². The van der Waals surface area contributed by atoms with E-state index >= 15 is 0 Å². The van der Waals surface area contributed by atoms with Crippen LogP contribution in [0.25, 0.3) is 10.9 Å². The Kier molecular flexibility index (Phi) is 4.64. The van der Waals surface area contributed by atoms with Gasteiger partial charge in [-0.25, -0.2) is 15.0 Å². The molecule has 0 aliphatic carbocycles. The summed E-state index contributed by atoms with van der Waals surface area (Å²) < 4.78 is 10.8. The van der Waals surface area contributed by atoms with Gasteiger partial charge < -0.3 is 20.1 Å². The lowest BCUT2D eigenvalue weighted by Crippen LogP contribution is -2.33.